The highest BCUT2D eigenvalue weighted by Crippen LogP contribution is 2.46. The highest BCUT2D eigenvalue weighted by atomic mass is 15.2. The molecule has 0 amide bonds. The van der Waals surface area contributed by atoms with Crippen LogP contribution in [0.2, 0.25) is 0 Å². The van der Waals surface area contributed by atoms with Gasteiger partial charge >= 0.3 is 0 Å². The second kappa shape index (κ2) is 13.9. The molecule has 2 nitrogen and oxygen atoms in total. The van der Waals surface area contributed by atoms with Crippen molar-refractivity contribution in [2.45, 2.75) is 0 Å². The highest BCUT2D eigenvalue weighted by Gasteiger charge is 2.19. The van der Waals surface area contributed by atoms with E-state index in [0.717, 1.165) is 17.2 Å². The smallest absolute Gasteiger partial charge is 0.137 e. The predicted molar refractivity (Wildman–Crippen MR) is 233 cm³/mol. The summed E-state index contributed by atoms with van der Waals surface area (Å²) in [5.74, 6) is 0.874. The van der Waals surface area contributed by atoms with E-state index in [1.807, 2.05) is 18.3 Å². The molecule has 258 valence electrons. The van der Waals surface area contributed by atoms with E-state index < -0.39 is 0 Å². The number of hydrogen-bond acceptors (Lipinski definition) is 2. The summed E-state index contributed by atoms with van der Waals surface area (Å²) in [6.45, 7) is 0. The van der Waals surface area contributed by atoms with Crippen molar-refractivity contribution in [3.63, 3.8) is 0 Å². The van der Waals surface area contributed by atoms with Crippen molar-refractivity contribution < 1.29 is 0 Å². The third-order valence-corrected chi connectivity index (χ3v) is 10.7. The molecule has 0 atom stereocenters. The van der Waals surface area contributed by atoms with Crippen LogP contribution >= 0.6 is 0 Å². The fourth-order valence-corrected chi connectivity index (χ4v) is 8.11. The number of aromatic nitrogens is 1. The second-order valence-corrected chi connectivity index (χ2v) is 14.0. The van der Waals surface area contributed by atoms with Gasteiger partial charge in [-0.15, -0.1) is 0 Å². The fourth-order valence-electron chi connectivity index (χ4n) is 8.11. The van der Waals surface area contributed by atoms with Crippen LogP contribution < -0.4 is 4.90 Å². The molecule has 0 saturated heterocycles. The number of hydrogen-bond donors (Lipinski definition) is 0. The average Bonchev–Trinajstić information content (AvgIpc) is 3.27. The second-order valence-electron chi connectivity index (χ2n) is 14.0. The minimum Gasteiger partial charge on any atom is -0.295 e. The highest BCUT2D eigenvalue weighted by molar-refractivity contribution is 6.21. The summed E-state index contributed by atoms with van der Waals surface area (Å²) in [7, 11) is 0. The number of benzene rings is 9. The van der Waals surface area contributed by atoms with Crippen LogP contribution in [0.1, 0.15) is 0 Å². The van der Waals surface area contributed by atoms with Gasteiger partial charge in [-0.25, -0.2) is 4.98 Å². The molecule has 10 aromatic rings. The molecule has 0 bridgehead atoms. The van der Waals surface area contributed by atoms with Gasteiger partial charge < -0.3 is 0 Å². The molecular formula is C53H36N2. The fraction of sp³-hybridized carbons (Fsp3) is 0. The lowest BCUT2D eigenvalue weighted by atomic mass is 9.84. The Hall–Kier alpha value is -7.29. The Bertz CT molecular complexity index is 2840. The zero-order chi connectivity index (χ0) is 36.6. The van der Waals surface area contributed by atoms with Crippen molar-refractivity contribution in [3.8, 4) is 44.5 Å². The maximum Gasteiger partial charge on any atom is 0.137 e. The Morgan fingerprint density at radius 2 is 0.764 bits per heavy atom. The molecule has 1 heterocycles. The van der Waals surface area contributed by atoms with Crippen molar-refractivity contribution >= 4 is 49.5 Å². The topological polar surface area (TPSA) is 16.1 Å². The summed E-state index contributed by atoms with van der Waals surface area (Å²) >= 11 is 0. The zero-order valence-corrected chi connectivity index (χ0v) is 30.2. The standard InChI is InChI=1S/C53H36N2/c1-3-15-37(16-4-1)42-33-43(38-17-5-2-6-18-38)35-44(34-42)53-49-23-11-9-21-47(49)52(48-22-10-12-24-50(48)53)40-27-29-45(30-28-40)55(51-25-13-14-32-54-51)46-31-26-39-19-7-8-20-41(39)36-46/h1-36H. The van der Waals surface area contributed by atoms with E-state index in [9.17, 15) is 0 Å². The minimum atomic E-state index is 0.874. The van der Waals surface area contributed by atoms with Gasteiger partial charge in [0, 0.05) is 17.6 Å². The van der Waals surface area contributed by atoms with Crippen molar-refractivity contribution in [3.05, 3.63) is 219 Å². The maximum atomic E-state index is 4.79. The molecule has 2 heteroatoms. The van der Waals surface area contributed by atoms with Crippen LogP contribution in [0.4, 0.5) is 17.2 Å². The first-order valence-electron chi connectivity index (χ1n) is 18.8. The van der Waals surface area contributed by atoms with Crippen LogP contribution in [-0.4, -0.2) is 4.98 Å². The molecule has 55 heavy (non-hydrogen) atoms. The monoisotopic (exact) mass is 700 g/mol. The van der Waals surface area contributed by atoms with Gasteiger partial charge in [0.1, 0.15) is 5.82 Å². The van der Waals surface area contributed by atoms with Crippen molar-refractivity contribution in [2.75, 3.05) is 4.90 Å². The molecule has 0 radical (unpaired) electrons. The lowest BCUT2D eigenvalue weighted by molar-refractivity contribution is 1.18. The van der Waals surface area contributed by atoms with E-state index in [1.165, 1.54) is 76.8 Å². The van der Waals surface area contributed by atoms with Crippen LogP contribution in [0.5, 0.6) is 0 Å². The van der Waals surface area contributed by atoms with Gasteiger partial charge in [0.15, 0.2) is 0 Å². The maximum absolute atomic E-state index is 4.79. The van der Waals surface area contributed by atoms with Gasteiger partial charge in [-0.2, -0.15) is 0 Å². The molecule has 0 unspecified atom stereocenters. The summed E-state index contributed by atoms with van der Waals surface area (Å²) in [6.07, 6.45) is 1.86. The Morgan fingerprint density at radius 3 is 1.33 bits per heavy atom. The van der Waals surface area contributed by atoms with E-state index >= 15 is 0 Å². The number of rotatable bonds is 7. The lowest BCUT2D eigenvalue weighted by Gasteiger charge is -2.25. The molecule has 0 saturated carbocycles. The van der Waals surface area contributed by atoms with E-state index in [2.05, 4.69) is 205 Å². The first-order chi connectivity index (χ1) is 27.3. The Kier molecular flexibility index (Phi) is 8.20. The third-order valence-electron chi connectivity index (χ3n) is 10.7. The van der Waals surface area contributed by atoms with Gasteiger partial charge in [-0.05, 0) is 131 Å². The summed E-state index contributed by atoms with van der Waals surface area (Å²) in [6, 6.07) is 76.5. The molecule has 1 aromatic heterocycles. The number of anilines is 3. The number of fused-ring (bicyclic) bond motifs is 3. The van der Waals surface area contributed by atoms with E-state index in [1.54, 1.807) is 0 Å². The van der Waals surface area contributed by atoms with Crippen LogP contribution in [-0.2, 0) is 0 Å². The van der Waals surface area contributed by atoms with Crippen molar-refractivity contribution in [2.24, 2.45) is 0 Å². The first-order valence-corrected chi connectivity index (χ1v) is 18.8. The molecule has 0 fully saturated rings. The quantitative estimate of drug-likeness (QED) is 0.154. The average molecular weight is 701 g/mol. The number of nitrogens with zero attached hydrogens (tertiary/aromatic N) is 2. The lowest BCUT2D eigenvalue weighted by Crippen LogP contribution is -2.11. The van der Waals surface area contributed by atoms with Gasteiger partial charge in [0.05, 0.1) is 0 Å². The zero-order valence-electron chi connectivity index (χ0n) is 30.2. The molecule has 9 aromatic carbocycles. The van der Waals surface area contributed by atoms with Gasteiger partial charge in [-0.1, -0.05) is 158 Å². The molecule has 0 aliphatic heterocycles. The third kappa shape index (κ3) is 6.00. The van der Waals surface area contributed by atoms with Crippen LogP contribution in [0, 0.1) is 0 Å². The molecule has 0 aliphatic rings. The largest absolute Gasteiger partial charge is 0.295 e. The molecule has 0 spiro atoms. The van der Waals surface area contributed by atoms with Gasteiger partial charge in [0.2, 0.25) is 0 Å². The molecule has 0 aliphatic carbocycles. The van der Waals surface area contributed by atoms with E-state index in [4.69, 9.17) is 4.98 Å². The van der Waals surface area contributed by atoms with Gasteiger partial charge in [0.25, 0.3) is 0 Å². The summed E-state index contributed by atoms with van der Waals surface area (Å²) < 4.78 is 0. The summed E-state index contributed by atoms with van der Waals surface area (Å²) in [5.41, 5.74) is 11.8. The summed E-state index contributed by atoms with van der Waals surface area (Å²) in [4.78, 5) is 7.03. The Morgan fingerprint density at radius 1 is 0.291 bits per heavy atom. The molecular weight excluding hydrogens is 665 g/mol. The summed E-state index contributed by atoms with van der Waals surface area (Å²) in [5, 5.41) is 7.33. The molecule has 0 N–H and O–H groups in total. The van der Waals surface area contributed by atoms with Crippen molar-refractivity contribution in [1.82, 2.24) is 4.98 Å². The van der Waals surface area contributed by atoms with Crippen LogP contribution in [0.15, 0.2) is 219 Å². The number of pyridine rings is 1. The van der Waals surface area contributed by atoms with E-state index in [0.29, 0.717) is 0 Å². The SMILES string of the molecule is c1ccc(-c2cc(-c3ccccc3)cc(-c3c4ccccc4c(-c4ccc(N(c5ccc6ccccc6c5)c5ccccn5)cc4)c4ccccc34)c2)cc1. The van der Waals surface area contributed by atoms with Crippen molar-refractivity contribution in [1.29, 1.82) is 0 Å². The normalized spacial score (nSPS) is 11.3. The molecule has 10 rings (SSSR count). The van der Waals surface area contributed by atoms with Crippen LogP contribution in [0.25, 0.3) is 76.8 Å². The first kappa shape index (κ1) is 32.4. The van der Waals surface area contributed by atoms with E-state index in [-0.39, 0.29) is 0 Å². The Labute approximate surface area is 321 Å². The van der Waals surface area contributed by atoms with Crippen LogP contribution in [0.3, 0.4) is 0 Å². The van der Waals surface area contributed by atoms with Gasteiger partial charge in [-0.3, -0.25) is 4.90 Å². The Balaban J connectivity index is 1.16. The minimum absolute atomic E-state index is 0.874. The predicted octanol–water partition coefficient (Wildman–Crippen LogP) is 14.7.